The van der Waals surface area contributed by atoms with E-state index in [1.165, 1.54) is 0 Å². The van der Waals surface area contributed by atoms with Crippen molar-refractivity contribution >= 4 is 11.6 Å². The van der Waals surface area contributed by atoms with Crippen molar-refractivity contribution in [2.75, 3.05) is 31.2 Å². The number of anilines is 1. The molecule has 2 aromatic rings. The molecule has 1 aromatic heterocycles. The molecule has 1 unspecified atom stereocenters. The summed E-state index contributed by atoms with van der Waals surface area (Å²) in [7, 11) is 0. The number of aryl methyl sites for hydroxylation is 1. The van der Waals surface area contributed by atoms with E-state index in [1.807, 2.05) is 49.5 Å². The first-order valence-corrected chi connectivity index (χ1v) is 8.84. The predicted octanol–water partition coefficient (Wildman–Crippen LogP) is 3.11. The highest BCUT2D eigenvalue weighted by Gasteiger charge is 2.21. The Morgan fingerprint density at radius 1 is 1.24 bits per heavy atom. The van der Waals surface area contributed by atoms with E-state index in [2.05, 4.69) is 22.1 Å². The summed E-state index contributed by atoms with van der Waals surface area (Å²) in [5.74, 6) is -0.0590. The minimum atomic E-state index is -0.0918. The Hall–Kier alpha value is -2.40. The lowest BCUT2D eigenvalue weighted by Gasteiger charge is -2.30. The molecule has 1 fully saturated rings. The van der Waals surface area contributed by atoms with Gasteiger partial charge in [-0.1, -0.05) is 25.1 Å². The zero-order valence-corrected chi connectivity index (χ0v) is 14.9. The van der Waals surface area contributed by atoms with Crippen LogP contribution in [0.4, 0.5) is 5.69 Å². The summed E-state index contributed by atoms with van der Waals surface area (Å²) in [6, 6.07) is 11.7. The molecule has 1 saturated heterocycles. The minimum absolute atomic E-state index is 0.0590. The van der Waals surface area contributed by atoms with Crippen molar-refractivity contribution < 1.29 is 9.53 Å². The fraction of sp³-hybridized carbons (Fsp3) is 0.400. The standard InChI is InChI=1S/C20H25N3O2/c1-3-17(18-9-8-15(2)14-21-18)22-20(24)16-6-4-5-7-19(16)23-10-12-25-13-11-23/h4-9,14,17H,3,10-13H2,1-2H3,(H,22,24). The van der Waals surface area contributed by atoms with Crippen LogP contribution in [0, 0.1) is 6.92 Å². The molecular formula is C20H25N3O2. The molecule has 5 nitrogen and oxygen atoms in total. The smallest absolute Gasteiger partial charge is 0.253 e. The lowest BCUT2D eigenvalue weighted by Crippen LogP contribution is -2.38. The summed E-state index contributed by atoms with van der Waals surface area (Å²) >= 11 is 0. The largest absolute Gasteiger partial charge is 0.378 e. The predicted molar refractivity (Wildman–Crippen MR) is 98.9 cm³/mol. The van der Waals surface area contributed by atoms with Crippen LogP contribution in [-0.4, -0.2) is 37.2 Å². The molecule has 0 bridgehead atoms. The lowest BCUT2D eigenvalue weighted by atomic mass is 10.1. The maximum atomic E-state index is 12.9. The molecule has 1 aromatic carbocycles. The molecule has 1 aliphatic heterocycles. The zero-order chi connectivity index (χ0) is 17.6. The van der Waals surface area contributed by atoms with Crippen LogP contribution in [0.25, 0.3) is 0 Å². The normalized spacial score (nSPS) is 15.7. The minimum Gasteiger partial charge on any atom is -0.378 e. The van der Waals surface area contributed by atoms with E-state index < -0.39 is 0 Å². The number of hydrogen-bond acceptors (Lipinski definition) is 4. The number of aromatic nitrogens is 1. The van der Waals surface area contributed by atoms with Crippen molar-refractivity contribution in [3.05, 3.63) is 59.4 Å². The Kier molecular flexibility index (Phi) is 5.66. The molecule has 0 radical (unpaired) electrons. The third kappa shape index (κ3) is 4.17. The number of pyridine rings is 1. The van der Waals surface area contributed by atoms with E-state index in [1.54, 1.807) is 0 Å². The maximum absolute atomic E-state index is 12.9. The van der Waals surface area contributed by atoms with Crippen LogP contribution >= 0.6 is 0 Å². The topological polar surface area (TPSA) is 54.5 Å². The Morgan fingerprint density at radius 2 is 2.00 bits per heavy atom. The molecule has 0 aliphatic carbocycles. The van der Waals surface area contributed by atoms with Crippen LogP contribution in [0.5, 0.6) is 0 Å². The van der Waals surface area contributed by atoms with Crippen molar-refractivity contribution in [3.8, 4) is 0 Å². The molecule has 3 rings (SSSR count). The van der Waals surface area contributed by atoms with E-state index in [4.69, 9.17) is 4.74 Å². The van der Waals surface area contributed by atoms with Gasteiger partial charge in [-0.05, 0) is 37.1 Å². The van der Waals surface area contributed by atoms with Crippen LogP contribution in [0.1, 0.15) is 41.0 Å². The second-order valence-corrected chi connectivity index (χ2v) is 6.31. The average Bonchev–Trinajstić information content (AvgIpc) is 2.67. The van der Waals surface area contributed by atoms with E-state index in [9.17, 15) is 4.79 Å². The maximum Gasteiger partial charge on any atom is 0.253 e. The highest BCUT2D eigenvalue weighted by Crippen LogP contribution is 2.23. The van der Waals surface area contributed by atoms with Crippen molar-refractivity contribution in [3.63, 3.8) is 0 Å². The van der Waals surface area contributed by atoms with Gasteiger partial charge in [0.2, 0.25) is 0 Å². The summed E-state index contributed by atoms with van der Waals surface area (Å²) < 4.78 is 5.42. The molecule has 1 N–H and O–H groups in total. The van der Waals surface area contributed by atoms with Gasteiger partial charge in [-0.3, -0.25) is 9.78 Å². The van der Waals surface area contributed by atoms with Gasteiger partial charge in [0.05, 0.1) is 30.5 Å². The number of ether oxygens (including phenoxy) is 1. The highest BCUT2D eigenvalue weighted by molar-refractivity contribution is 6.00. The van der Waals surface area contributed by atoms with Crippen molar-refractivity contribution in [2.45, 2.75) is 26.3 Å². The summed E-state index contributed by atoms with van der Waals surface area (Å²) in [5, 5.41) is 3.14. The van der Waals surface area contributed by atoms with Crippen molar-refractivity contribution in [2.24, 2.45) is 0 Å². The average molecular weight is 339 g/mol. The highest BCUT2D eigenvalue weighted by atomic mass is 16.5. The first-order chi connectivity index (χ1) is 12.2. The van der Waals surface area contributed by atoms with Gasteiger partial charge in [0.25, 0.3) is 5.91 Å². The Morgan fingerprint density at radius 3 is 2.68 bits per heavy atom. The molecular weight excluding hydrogens is 314 g/mol. The molecule has 1 amide bonds. The van der Waals surface area contributed by atoms with Crippen LogP contribution < -0.4 is 10.2 Å². The summed E-state index contributed by atoms with van der Waals surface area (Å²) in [5.41, 5.74) is 3.68. The fourth-order valence-corrected chi connectivity index (χ4v) is 3.05. The number of para-hydroxylation sites is 1. The second-order valence-electron chi connectivity index (χ2n) is 6.31. The molecule has 2 heterocycles. The monoisotopic (exact) mass is 339 g/mol. The Balaban J connectivity index is 1.79. The SMILES string of the molecule is CCC(NC(=O)c1ccccc1N1CCOCC1)c1ccc(C)cn1. The Labute approximate surface area is 149 Å². The molecule has 25 heavy (non-hydrogen) atoms. The molecule has 0 spiro atoms. The number of nitrogens with zero attached hydrogens (tertiary/aromatic N) is 2. The quantitative estimate of drug-likeness (QED) is 0.909. The lowest BCUT2D eigenvalue weighted by molar-refractivity contribution is 0.0933. The van der Waals surface area contributed by atoms with Crippen LogP contribution in [0.15, 0.2) is 42.6 Å². The summed E-state index contributed by atoms with van der Waals surface area (Å²) in [6.07, 6.45) is 2.63. The molecule has 0 saturated carbocycles. The first-order valence-electron chi connectivity index (χ1n) is 8.84. The zero-order valence-electron chi connectivity index (χ0n) is 14.9. The van der Waals surface area contributed by atoms with Gasteiger partial charge in [-0.25, -0.2) is 0 Å². The van der Waals surface area contributed by atoms with Gasteiger partial charge >= 0.3 is 0 Å². The van der Waals surface area contributed by atoms with Gasteiger partial charge in [-0.15, -0.1) is 0 Å². The molecule has 5 heteroatoms. The van der Waals surface area contributed by atoms with Crippen molar-refractivity contribution in [1.29, 1.82) is 0 Å². The van der Waals surface area contributed by atoms with E-state index in [-0.39, 0.29) is 11.9 Å². The fourth-order valence-electron chi connectivity index (χ4n) is 3.05. The summed E-state index contributed by atoms with van der Waals surface area (Å²) in [6.45, 7) is 7.07. The van der Waals surface area contributed by atoms with E-state index in [0.29, 0.717) is 18.8 Å². The number of hydrogen-bond donors (Lipinski definition) is 1. The third-order valence-electron chi connectivity index (χ3n) is 4.51. The molecule has 1 atom stereocenters. The van der Waals surface area contributed by atoms with Gasteiger partial charge in [0, 0.05) is 25.0 Å². The van der Waals surface area contributed by atoms with Gasteiger partial charge in [0.1, 0.15) is 0 Å². The number of amides is 1. The number of rotatable bonds is 5. The van der Waals surface area contributed by atoms with Gasteiger partial charge in [0.15, 0.2) is 0 Å². The number of nitrogens with one attached hydrogen (secondary N) is 1. The number of carbonyl (C=O) groups excluding carboxylic acids is 1. The van der Waals surface area contributed by atoms with Crippen LogP contribution in [0.2, 0.25) is 0 Å². The van der Waals surface area contributed by atoms with Gasteiger partial charge < -0.3 is 15.0 Å². The van der Waals surface area contributed by atoms with E-state index in [0.717, 1.165) is 36.5 Å². The number of benzene rings is 1. The molecule has 132 valence electrons. The van der Waals surface area contributed by atoms with Crippen molar-refractivity contribution in [1.82, 2.24) is 10.3 Å². The second kappa shape index (κ2) is 8.12. The summed E-state index contributed by atoms with van der Waals surface area (Å²) in [4.78, 5) is 19.6. The number of morpholine rings is 1. The molecule has 1 aliphatic rings. The van der Waals surface area contributed by atoms with Gasteiger partial charge in [-0.2, -0.15) is 0 Å². The third-order valence-corrected chi connectivity index (χ3v) is 4.51. The first kappa shape index (κ1) is 17.4. The van der Waals surface area contributed by atoms with E-state index >= 15 is 0 Å². The van der Waals surface area contributed by atoms with Crippen LogP contribution in [0.3, 0.4) is 0 Å². The van der Waals surface area contributed by atoms with Crippen LogP contribution in [-0.2, 0) is 4.74 Å². The number of carbonyl (C=O) groups is 1. The Bertz CT molecular complexity index is 709.